The van der Waals surface area contributed by atoms with E-state index in [0.717, 1.165) is 7.11 Å². The summed E-state index contributed by atoms with van der Waals surface area (Å²) < 4.78 is 40.1. The van der Waals surface area contributed by atoms with Crippen molar-refractivity contribution in [2.24, 2.45) is 0 Å². The number of ketones is 1. The molecule has 5 nitrogen and oxygen atoms in total. The molecule has 1 aliphatic rings. The molecule has 0 atom stereocenters. The average molecular weight is 239 g/mol. The van der Waals surface area contributed by atoms with Gasteiger partial charge >= 0.3 is 18.1 Å². The van der Waals surface area contributed by atoms with Gasteiger partial charge in [-0.15, -0.1) is 0 Å². The number of nitrogens with one attached hydrogen (secondary N) is 1. The first-order chi connectivity index (χ1) is 7.21. The van der Waals surface area contributed by atoms with Gasteiger partial charge in [0.1, 0.15) is 5.78 Å². The van der Waals surface area contributed by atoms with Crippen molar-refractivity contribution < 1.29 is 32.3 Å². The minimum Gasteiger partial charge on any atom is -0.467 e. The molecule has 0 saturated heterocycles. The average Bonchev–Trinajstić information content (AvgIpc) is 2.11. The van der Waals surface area contributed by atoms with Crippen molar-refractivity contribution in [2.45, 2.75) is 24.6 Å². The van der Waals surface area contributed by atoms with Crippen molar-refractivity contribution in [1.82, 2.24) is 5.32 Å². The quantitative estimate of drug-likeness (QED) is 0.685. The van der Waals surface area contributed by atoms with Crippen LogP contribution in [0, 0.1) is 0 Å². The number of Topliss-reactive ketones (excluding diaryl/α,β-unsaturated/α-hetero) is 1. The number of carbonyl (C=O) groups is 3. The second-order valence-electron chi connectivity index (χ2n) is 3.42. The van der Waals surface area contributed by atoms with Crippen molar-refractivity contribution in [2.75, 3.05) is 7.11 Å². The highest BCUT2D eigenvalue weighted by molar-refractivity contribution is 6.03. The lowest BCUT2D eigenvalue weighted by molar-refractivity contribution is -0.180. The summed E-state index contributed by atoms with van der Waals surface area (Å²) in [5, 5.41) is 1.49. The SMILES string of the molecule is COC(=O)C1(NC(=O)C(F)(F)F)CC(=O)C1. The molecule has 90 valence electrons. The van der Waals surface area contributed by atoms with Crippen molar-refractivity contribution in [1.29, 1.82) is 0 Å². The summed E-state index contributed by atoms with van der Waals surface area (Å²) in [5.74, 6) is -3.72. The molecule has 1 N–H and O–H groups in total. The zero-order chi connectivity index (χ0) is 12.6. The van der Waals surface area contributed by atoms with E-state index in [-0.39, 0.29) is 0 Å². The Hall–Kier alpha value is -1.60. The first-order valence-corrected chi connectivity index (χ1v) is 4.21. The van der Waals surface area contributed by atoms with E-state index in [0.29, 0.717) is 0 Å². The summed E-state index contributed by atoms with van der Waals surface area (Å²) in [4.78, 5) is 32.5. The number of halogens is 3. The van der Waals surface area contributed by atoms with Crippen LogP contribution in [-0.2, 0) is 19.1 Å². The molecule has 16 heavy (non-hydrogen) atoms. The molecule has 8 heteroatoms. The Morgan fingerprint density at radius 2 is 1.88 bits per heavy atom. The van der Waals surface area contributed by atoms with Gasteiger partial charge in [0.25, 0.3) is 0 Å². The molecule has 1 amide bonds. The highest BCUT2D eigenvalue weighted by atomic mass is 19.4. The summed E-state index contributed by atoms with van der Waals surface area (Å²) in [6.07, 6.45) is -6.04. The number of hydrogen-bond acceptors (Lipinski definition) is 4. The number of carbonyl (C=O) groups excluding carboxylic acids is 3. The monoisotopic (exact) mass is 239 g/mol. The first kappa shape index (κ1) is 12.5. The first-order valence-electron chi connectivity index (χ1n) is 4.21. The van der Waals surface area contributed by atoms with E-state index in [4.69, 9.17) is 0 Å². The Kier molecular flexibility index (Phi) is 2.93. The third-order valence-electron chi connectivity index (χ3n) is 2.18. The predicted octanol–water partition coefficient (Wildman–Crippen LogP) is -0.0604. The molecule has 1 fully saturated rings. The van der Waals surface area contributed by atoms with Gasteiger partial charge in [0, 0.05) is 12.8 Å². The van der Waals surface area contributed by atoms with E-state index in [1.165, 1.54) is 5.32 Å². The molecule has 0 aromatic carbocycles. The van der Waals surface area contributed by atoms with Gasteiger partial charge in [0.15, 0.2) is 5.54 Å². The van der Waals surface area contributed by atoms with Crippen molar-refractivity contribution in [3.63, 3.8) is 0 Å². The number of ether oxygens (including phenoxy) is 1. The van der Waals surface area contributed by atoms with Gasteiger partial charge in [-0.3, -0.25) is 9.59 Å². The maximum absolute atomic E-state index is 12.0. The second-order valence-corrected chi connectivity index (χ2v) is 3.42. The van der Waals surface area contributed by atoms with Crippen LogP contribution in [0.3, 0.4) is 0 Å². The standard InChI is InChI=1S/C8H8F3NO4/c1-16-6(15)7(2-4(13)3-7)12-5(14)8(9,10)11/h2-3H2,1H3,(H,12,14). The lowest BCUT2D eigenvalue weighted by atomic mass is 9.75. The lowest BCUT2D eigenvalue weighted by Crippen LogP contribution is -2.65. The molecular formula is C8H8F3NO4. The number of methoxy groups -OCH3 is 1. The topological polar surface area (TPSA) is 72.5 Å². The molecule has 0 spiro atoms. The van der Waals surface area contributed by atoms with Crippen molar-refractivity contribution >= 4 is 17.7 Å². The molecular weight excluding hydrogens is 231 g/mol. The molecule has 1 saturated carbocycles. The Morgan fingerprint density at radius 3 is 2.19 bits per heavy atom. The third-order valence-corrected chi connectivity index (χ3v) is 2.18. The van der Waals surface area contributed by atoms with Crippen LogP contribution in [0.25, 0.3) is 0 Å². The number of rotatable bonds is 2. The van der Waals surface area contributed by atoms with Gasteiger partial charge in [-0.2, -0.15) is 13.2 Å². The van der Waals surface area contributed by atoms with Gasteiger partial charge in [0.05, 0.1) is 7.11 Å². The van der Waals surface area contributed by atoms with Crippen LogP contribution >= 0.6 is 0 Å². The van der Waals surface area contributed by atoms with Gasteiger partial charge in [-0.1, -0.05) is 0 Å². The number of amides is 1. The molecule has 0 aromatic rings. The van der Waals surface area contributed by atoms with E-state index in [9.17, 15) is 27.6 Å². The Labute approximate surface area is 87.9 Å². The van der Waals surface area contributed by atoms with Crippen LogP contribution in [-0.4, -0.2) is 36.5 Å². The van der Waals surface area contributed by atoms with Crippen LogP contribution in [0.4, 0.5) is 13.2 Å². The van der Waals surface area contributed by atoms with Gasteiger partial charge < -0.3 is 10.1 Å². The molecule has 0 unspecified atom stereocenters. The minimum absolute atomic E-state index is 0.409. The maximum atomic E-state index is 12.0. The number of alkyl halides is 3. The molecule has 0 aromatic heterocycles. The fourth-order valence-electron chi connectivity index (χ4n) is 1.39. The van der Waals surface area contributed by atoms with Gasteiger partial charge in [-0.05, 0) is 0 Å². The van der Waals surface area contributed by atoms with Crippen LogP contribution < -0.4 is 5.32 Å². The molecule has 0 heterocycles. The minimum atomic E-state index is -5.10. The third kappa shape index (κ3) is 2.15. The summed E-state index contributed by atoms with van der Waals surface area (Å²) in [5.41, 5.74) is -1.85. The van der Waals surface area contributed by atoms with Crippen molar-refractivity contribution in [3.8, 4) is 0 Å². The van der Waals surface area contributed by atoms with Crippen LogP contribution in [0.2, 0.25) is 0 Å². The highest BCUT2D eigenvalue weighted by Crippen LogP contribution is 2.31. The van der Waals surface area contributed by atoms with E-state index in [1.807, 2.05) is 0 Å². The second kappa shape index (κ2) is 3.76. The fraction of sp³-hybridized carbons (Fsp3) is 0.625. The van der Waals surface area contributed by atoms with Crippen LogP contribution in [0.1, 0.15) is 12.8 Å². The number of hydrogen-bond donors (Lipinski definition) is 1. The molecule has 1 rings (SSSR count). The predicted molar refractivity (Wildman–Crippen MR) is 43.2 cm³/mol. The summed E-state index contributed by atoms with van der Waals surface area (Å²) in [6.45, 7) is 0. The maximum Gasteiger partial charge on any atom is 0.471 e. The Bertz CT molecular complexity index is 342. The summed E-state index contributed by atoms with van der Waals surface area (Å²) in [7, 11) is 0.965. The largest absolute Gasteiger partial charge is 0.471 e. The zero-order valence-corrected chi connectivity index (χ0v) is 8.18. The van der Waals surface area contributed by atoms with E-state index < -0.39 is 42.2 Å². The molecule has 0 aliphatic heterocycles. The molecule has 0 bridgehead atoms. The Morgan fingerprint density at radius 1 is 1.38 bits per heavy atom. The normalized spacial score (nSPS) is 18.6. The van der Waals surface area contributed by atoms with Crippen LogP contribution in [0.5, 0.6) is 0 Å². The highest BCUT2D eigenvalue weighted by Gasteiger charge is 2.55. The van der Waals surface area contributed by atoms with E-state index >= 15 is 0 Å². The van der Waals surface area contributed by atoms with Gasteiger partial charge in [0.2, 0.25) is 0 Å². The molecule has 0 radical (unpaired) electrons. The fourth-order valence-corrected chi connectivity index (χ4v) is 1.39. The van der Waals surface area contributed by atoms with Gasteiger partial charge in [-0.25, -0.2) is 4.79 Å². The zero-order valence-electron chi connectivity index (χ0n) is 8.18. The van der Waals surface area contributed by atoms with Crippen molar-refractivity contribution in [3.05, 3.63) is 0 Å². The van der Waals surface area contributed by atoms with E-state index in [1.54, 1.807) is 0 Å². The van der Waals surface area contributed by atoms with Crippen LogP contribution in [0.15, 0.2) is 0 Å². The van der Waals surface area contributed by atoms with E-state index in [2.05, 4.69) is 4.74 Å². The lowest BCUT2D eigenvalue weighted by Gasteiger charge is -2.37. The Balaban J connectivity index is 2.78. The smallest absolute Gasteiger partial charge is 0.467 e. The summed E-state index contributed by atoms with van der Waals surface area (Å²) in [6, 6.07) is 0. The molecule has 1 aliphatic carbocycles. The summed E-state index contributed by atoms with van der Waals surface area (Å²) >= 11 is 0. The number of esters is 1.